The van der Waals surface area contributed by atoms with Gasteiger partial charge in [0.15, 0.2) is 0 Å². The van der Waals surface area contributed by atoms with Crippen LogP contribution in [-0.4, -0.2) is 24.2 Å². The molecule has 0 aromatic carbocycles. The lowest BCUT2D eigenvalue weighted by Crippen LogP contribution is -2.38. The summed E-state index contributed by atoms with van der Waals surface area (Å²) in [4.78, 5) is 9.60. The largest absolute Gasteiger partial charge is 0.462 e. The number of hydrogen-bond donors (Lipinski definition) is 1. The Morgan fingerprint density at radius 1 is 1.20 bits per heavy atom. The summed E-state index contributed by atoms with van der Waals surface area (Å²) < 4.78 is 4.55. The van der Waals surface area contributed by atoms with E-state index in [0.717, 1.165) is 12.1 Å². The van der Waals surface area contributed by atoms with Crippen LogP contribution in [0.2, 0.25) is 0 Å². The first-order valence-corrected chi connectivity index (χ1v) is 5.72. The molecule has 1 fully saturated rings. The predicted octanol–water partition coefficient (Wildman–Crippen LogP) is 2.49. The van der Waals surface area contributed by atoms with Gasteiger partial charge in [0, 0.05) is 12.1 Å². The van der Waals surface area contributed by atoms with Crippen LogP contribution in [0.15, 0.2) is 0 Å². The van der Waals surface area contributed by atoms with Gasteiger partial charge in [-0.2, -0.15) is 0 Å². The lowest BCUT2D eigenvalue weighted by Gasteiger charge is -2.25. The molecule has 1 rings (SSSR count). The molecule has 0 aromatic rings. The van der Waals surface area contributed by atoms with Crippen molar-refractivity contribution in [3.8, 4) is 0 Å². The second kappa shape index (κ2) is 6.83. The predicted molar refractivity (Wildman–Crippen MR) is 62.8 cm³/mol. The molecule has 1 saturated heterocycles. The quantitative estimate of drug-likeness (QED) is 0.683. The summed E-state index contributed by atoms with van der Waals surface area (Å²) >= 11 is 0. The molecule has 15 heavy (non-hydrogen) atoms. The van der Waals surface area contributed by atoms with E-state index in [2.05, 4.69) is 23.9 Å². The van der Waals surface area contributed by atoms with E-state index < -0.39 is 0 Å². The number of rotatable bonds is 1. The van der Waals surface area contributed by atoms with E-state index in [0.29, 0.717) is 6.47 Å². The molecule has 0 saturated carbocycles. The van der Waals surface area contributed by atoms with Gasteiger partial charge in [0.25, 0.3) is 6.47 Å². The molecule has 1 heterocycles. The SMILES string of the molecule is CC(C)(C)OC=O.C[C@H]1CCC[C@H](C)N1. The first-order chi connectivity index (χ1) is 6.85. The molecule has 1 N–H and O–H groups in total. The molecule has 3 heteroatoms. The van der Waals surface area contributed by atoms with Crippen LogP contribution in [0.1, 0.15) is 53.9 Å². The molecular weight excluding hydrogens is 190 g/mol. The van der Waals surface area contributed by atoms with Crippen molar-refractivity contribution in [1.82, 2.24) is 5.32 Å². The minimum absolute atomic E-state index is 0.318. The highest BCUT2D eigenvalue weighted by Crippen LogP contribution is 2.10. The molecule has 0 bridgehead atoms. The minimum atomic E-state index is -0.318. The molecule has 2 atom stereocenters. The molecule has 0 radical (unpaired) electrons. The van der Waals surface area contributed by atoms with Gasteiger partial charge in [0.05, 0.1) is 0 Å². The average molecular weight is 215 g/mol. The van der Waals surface area contributed by atoms with E-state index in [1.54, 1.807) is 0 Å². The van der Waals surface area contributed by atoms with Crippen LogP contribution in [0.25, 0.3) is 0 Å². The zero-order valence-electron chi connectivity index (χ0n) is 10.7. The maximum Gasteiger partial charge on any atom is 0.293 e. The fraction of sp³-hybridized carbons (Fsp3) is 0.917. The van der Waals surface area contributed by atoms with E-state index in [1.165, 1.54) is 19.3 Å². The number of carbonyl (C=O) groups is 1. The number of carbonyl (C=O) groups excluding carboxylic acids is 1. The number of ether oxygens (including phenoxy) is 1. The highest BCUT2D eigenvalue weighted by Gasteiger charge is 2.12. The Labute approximate surface area is 93.6 Å². The standard InChI is InChI=1S/C7H15N.C5H10O2/c1-6-4-3-5-7(2)8-6;1-5(2,3)7-4-6/h6-8H,3-5H2,1-2H3;4H,1-3H3/t6-,7-;/m0./s1. The van der Waals surface area contributed by atoms with Gasteiger partial charge in [-0.1, -0.05) is 6.42 Å². The lowest BCUT2D eigenvalue weighted by atomic mass is 10.0. The summed E-state index contributed by atoms with van der Waals surface area (Å²) in [6, 6.07) is 1.53. The van der Waals surface area contributed by atoms with Gasteiger partial charge in [-0.15, -0.1) is 0 Å². The summed E-state index contributed by atoms with van der Waals surface area (Å²) in [6.45, 7) is 10.4. The molecular formula is C12H25NO2. The van der Waals surface area contributed by atoms with E-state index in [4.69, 9.17) is 0 Å². The van der Waals surface area contributed by atoms with Crippen LogP contribution < -0.4 is 5.32 Å². The third kappa shape index (κ3) is 9.73. The Hall–Kier alpha value is -0.570. The zero-order valence-corrected chi connectivity index (χ0v) is 10.7. The van der Waals surface area contributed by atoms with Crippen molar-refractivity contribution >= 4 is 6.47 Å². The topological polar surface area (TPSA) is 38.3 Å². The van der Waals surface area contributed by atoms with Crippen molar-refractivity contribution in [2.24, 2.45) is 0 Å². The highest BCUT2D eigenvalue weighted by molar-refractivity contribution is 5.37. The third-order valence-electron chi connectivity index (χ3n) is 2.24. The maximum atomic E-state index is 9.60. The van der Waals surface area contributed by atoms with Crippen molar-refractivity contribution in [3.05, 3.63) is 0 Å². The summed E-state index contributed by atoms with van der Waals surface area (Å²) in [5, 5.41) is 3.48. The van der Waals surface area contributed by atoms with Crippen LogP contribution in [0.5, 0.6) is 0 Å². The second-order valence-corrected chi connectivity index (χ2v) is 5.23. The van der Waals surface area contributed by atoms with Gasteiger partial charge < -0.3 is 10.1 Å². The van der Waals surface area contributed by atoms with E-state index in [-0.39, 0.29) is 5.60 Å². The highest BCUT2D eigenvalue weighted by atomic mass is 16.5. The van der Waals surface area contributed by atoms with Gasteiger partial charge in [-0.3, -0.25) is 4.79 Å². The molecule has 1 aliphatic heterocycles. The molecule has 0 aliphatic carbocycles. The Morgan fingerprint density at radius 2 is 1.67 bits per heavy atom. The van der Waals surface area contributed by atoms with Crippen LogP contribution in [0, 0.1) is 0 Å². The first kappa shape index (κ1) is 14.4. The second-order valence-electron chi connectivity index (χ2n) is 5.23. The van der Waals surface area contributed by atoms with Crippen LogP contribution in [-0.2, 0) is 9.53 Å². The zero-order chi connectivity index (χ0) is 11.9. The summed E-state index contributed by atoms with van der Waals surface area (Å²) in [5.41, 5.74) is -0.318. The number of piperidine rings is 1. The van der Waals surface area contributed by atoms with E-state index >= 15 is 0 Å². The molecule has 0 aromatic heterocycles. The molecule has 3 nitrogen and oxygen atoms in total. The summed E-state index contributed by atoms with van der Waals surface area (Å²) in [5.74, 6) is 0. The normalized spacial score (nSPS) is 26.2. The summed E-state index contributed by atoms with van der Waals surface area (Å²) in [6.07, 6.45) is 4.14. The fourth-order valence-corrected chi connectivity index (χ4v) is 1.53. The maximum absolute atomic E-state index is 9.60. The van der Waals surface area contributed by atoms with Crippen LogP contribution in [0.3, 0.4) is 0 Å². The smallest absolute Gasteiger partial charge is 0.293 e. The lowest BCUT2D eigenvalue weighted by molar-refractivity contribution is -0.138. The molecule has 1 aliphatic rings. The van der Waals surface area contributed by atoms with Crippen molar-refractivity contribution < 1.29 is 9.53 Å². The third-order valence-corrected chi connectivity index (χ3v) is 2.24. The average Bonchev–Trinajstić information content (AvgIpc) is 2.01. The molecule has 0 spiro atoms. The van der Waals surface area contributed by atoms with Gasteiger partial charge in [-0.25, -0.2) is 0 Å². The Balaban J connectivity index is 0.000000265. The van der Waals surface area contributed by atoms with Gasteiger partial charge >= 0.3 is 0 Å². The number of hydrogen-bond acceptors (Lipinski definition) is 3. The van der Waals surface area contributed by atoms with Gasteiger partial charge in [-0.05, 0) is 47.5 Å². The van der Waals surface area contributed by atoms with Crippen molar-refractivity contribution in [2.75, 3.05) is 0 Å². The Bertz CT molecular complexity index is 167. The van der Waals surface area contributed by atoms with Crippen LogP contribution in [0.4, 0.5) is 0 Å². The van der Waals surface area contributed by atoms with Crippen molar-refractivity contribution in [1.29, 1.82) is 0 Å². The Morgan fingerprint density at radius 3 is 1.80 bits per heavy atom. The minimum Gasteiger partial charge on any atom is -0.462 e. The summed E-state index contributed by atoms with van der Waals surface area (Å²) in [7, 11) is 0. The Kier molecular flexibility index (Phi) is 6.57. The van der Waals surface area contributed by atoms with Crippen molar-refractivity contribution in [3.63, 3.8) is 0 Å². The monoisotopic (exact) mass is 215 g/mol. The molecule has 0 unspecified atom stereocenters. The number of nitrogens with one attached hydrogen (secondary N) is 1. The molecule has 0 amide bonds. The van der Waals surface area contributed by atoms with Crippen molar-refractivity contribution in [2.45, 2.75) is 71.6 Å². The van der Waals surface area contributed by atoms with E-state index in [1.807, 2.05) is 20.8 Å². The first-order valence-electron chi connectivity index (χ1n) is 5.72. The molecule has 90 valence electrons. The van der Waals surface area contributed by atoms with Crippen LogP contribution >= 0.6 is 0 Å². The van der Waals surface area contributed by atoms with Gasteiger partial charge in [0.2, 0.25) is 0 Å². The van der Waals surface area contributed by atoms with Gasteiger partial charge in [0.1, 0.15) is 5.60 Å². The van der Waals surface area contributed by atoms with E-state index in [9.17, 15) is 4.79 Å². The fourth-order valence-electron chi connectivity index (χ4n) is 1.53.